The predicted molar refractivity (Wildman–Crippen MR) is 87.7 cm³/mol. The van der Waals surface area contributed by atoms with Crippen molar-refractivity contribution in [3.63, 3.8) is 0 Å². The molecule has 8 nitrogen and oxygen atoms in total. The van der Waals surface area contributed by atoms with Gasteiger partial charge in [-0.15, -0.1) is 0 Å². The first-order valence-electron chi connectivity index (χ1n) is 6.97. The van der Waals surface area contributed by atoms with Crippen molar-refractivity contribution in [2.45, 2.75) is 0 Å². The zero-order chi connectivity index (χ0) is 17.3. The molecule has 2 heterocycles. The molecule has 2 aromatic heterocycles. The molecule has 0 unspecified atom stereocenters. The lowest BCUT2D eigenvalue weighted by Gasteiger charge is -2.14. The average Bonchev–Trinajstić information content (AvgIpc) is 2.97. The number of urea groups is 1. The molecular formula is C16H14N4O4. The summed E-state index contributed by atoms with van der Waals surface area (Å²) in [5.41, 5.74) is 5.78. The van der Waals surface area contributed by atoms with Crippen LogP contribution in [0, 0.1) is 0 Å². The number of fused-ring (bicyclic) bond motifs is 1. The number of carbonyl (C=O) groups excluding carboxylic acids is 1. The van der Waals surface area contributed by atoms with Crippen LogP contribution in [0.5, 0.6) is 11.5 Å². The molecule has 3 rings (SSSR count). The molecule has 8 heteroatoms. The van der Waals surface area contributed by atoms with Gasteiger partial charge in [0.1, 0.15) is 17.3 Å². The molecule has 122 valence electrons. The standard InChI is InChI=1S/C16H14N4O4/c1-19(15(17)21)14-9-12(4-6-18-14)24-11-2-3-13-10(8-11)5-7-20(13)16(22)23/h2-9H,1H3,(H2,17,21)(H,22,23). The fourth-order valence-corrected chi connectivity index (χ4v) is 2.25. The minimum Gasteiger partial charge on any atom is -0.464 e. The van der Waals surface area contributed by atoms with E-state index >= 15 is 0 Å². The van der Waals surface area contributed by atoms with Crippen molar-refractivity contribution in [1.82, 2.24) is 9.55 Å². The Morgan fingerprint density at radius 3 is 2.67 bits per heavy atom. The molecule has 0 aliphatic rings. The largest absolute Gasteiger partial charge is 0.464 e. The molecule has 0 aliphatic heterocycles. The molecule has 3 aromatic rings. The maximum absolute atomic E-state index is 11.2. The molecule has 24 heavy (non-hydrogen) atoms. The lowest BCUT2D eigenvalue weighted by atomic mass is 10.2. The van der Waals surface area contributed by atoms with Crippen molar-refractivity contribution in [2.75, 3.05) is 11.9 Å². The van der Waals surface area contributed by atoms with Gasteiger partial charge in [0.05, 0.1) is 5.52 Å². The van der Waals surface area contributed by atoms with Crippen LogP contribution in [-0.2, 0) is 0 Å². The van der Waals surface area contributed by atoms with Gasteiger partial charge < -0.3 is 15.6 Å². The quantitative estimate of drug-likeness (QED) is 0.769. The Labute approximate surface area is 136 Å². The van der Waals surface area contributed by atoms with Gasteiger partial charge in [-0.2, -0.15) is 0 Å². The molecule has 0 atom stereocenters. The highest BCUT2D eigenvalue weighted by Gasteiger charge is 2.10. The number of anilines is 1. The Bertz CT molecular complexity index is 935. The summed E-state index contributed by atoms with van der Waals surface area (Å²) in [5.74, 6) is 1.37. The van der Waals surface area contributed by atoms with Crippen LogP contribution < -0.4 is 15.4 Å². The van der Waals surface area contributed by atoms with Gasteiger partial charge in [-0.3, -0.25) is 9.47 Å². The number of hydrogen-bond acceptors (Lipinski definition) is 4. The Morgan fingerprint density at radius 1 is 1.21 bits per heavy atom. The van der Waals surface area contributed by atoms with Crippen LogP contribution in [0.3, 0.4) is 0 Å². The maximum Gasteiger partial charge on any atom is 0.415 e. The van der Waals surface area contributed by atoms with Gasteiger partial charge >= 0.3 is 12.1 Å². The number of nitrogens with zero attached hydrogens (tertiary/aromatic N) is 3. The second kappa shape index (κ2) is 5.92. The molecule has 0 fully saturated rings. The van der Waals surface area contributed by atoms with E-state index in [9.17, 15) is 9.59 Å². The number of benzene rings is 1. The van der Waals surface area contributed by atoms with Crippen molar-refractivity contribution in [3.05, 3.63) is 48.8 Å². The first kappa shape index (κ1) is 15.3. The van der Waals surface area contributed by atoms with Crippen LogP contribution >= 0.6 is 0 Å². The fraction of sp³-hybridized carbons (Fsp3) is 0.0625. The summed E-state index contributed by atoms with van der Waals surface area (Å²) in [6.07, 6.45) is 1.93. The second-order valence-electron chi connectivity index (χ2n) is 5.04. The van der Waals surface area contributed by atoms with Gasteiger partial charge in [-0.05, 0) is 30.3 Å². The van der Waals surface area contributed by atoms with Gasteiger partial charge in [0.25, 0.3) is 0 Å². The summed E-state index contributed by atoms with van der Waals surface area (Å²) in [6, 6.07) is 9.34. The van der Waals surface area contributed by atoms with E-state index in [4.69, 9.17) is 15.6 Å². The number of amides is 2. The van der Waals surface area contributed by atoms with E-state index in [1.165, 1.54) is 24.3 Å². The number of nitrogens with two attached hydrogens (primary N) is 1. The number of rotatable bonds is 3. The van der Waals surface area contributed by atoms with E-state index in [1.807, 2.05) is 0 Å². The molecule has 0 spiro atoms. The summed E-state index contributed by atoms with van der Waals surface area (Å²) < 4.78 is 6.88. The monoisotopic (exact) mass is 326 g/mol. The highest BCUT2D eigenvalue weighted by molar-refractivity contribution is 5.90. The fourth-order valence-electron chi connectivity index (χ4n) is 2.25. The highest BCUT2D eigenvalue weighted by atomic mass is 16.5. The lowest BCUT2D eigenvalue weighted by Crippen LogP contribution is -2.32. The Morgan fingerprint density at radius 2 is 1.96 bits per heavy atom. The molecule has 2 amide bonds. The topological polar surface area (TPSA) is 111 Å². The highest BCUT2D eigenvalue weighted by Crippen LogP contribution is 2.27. The Balaban J connectivity index is 1.89. The van der Waals surface area contributed by atoms with E-state index in [1.54, 1.807) is 36.4 Å². The van der Waals surface area contributed by atoms with Gasteiger partial charge in [-0.25, -0.2) is 14.6 Å². The van der Waals surface area contributed by atoms with Crippen LogP contribution in [0.1, 0.15) is 0 Å². The molecule has 0 bridgehead atoms. The van der Waals surface area contributed by atoms with Crippen molar-refractivity contribution >= 4 is 28.8 Å². The number of carbonyl (C=O) groups is 2. The first-order chi connectivity index (χ1) is 11.5. The van der Waals surface area contributed by atoms with Crippen molar-refractivity contribution in [2.24, 2.45) is 5.73 Å². The van der Waals surface area contributed by atoms with Crippen LogP contribution in [0.15, 0.2) is 48.8 Å². The zero-order valence-electron chi connectivity index (χ0n) is 12.7. The molecule has 3 N–H and O–H groups in total. The normalized spacial score (nSPS) is 10.5. The molecule has 0 radical (unpaired) electrons. The number of aromatic nitrogens is 2. The van der Waals surface area contributed by atoms with Crippen LogP contribution in [0.2, 0.25) is 0 Å². The van der Waals surface area contributed by atoms with Crippen molar-refractivity contribution in [1.29, 1.82) is 0 Å². The molecule has 0 aliphatic carbocycles. The minimum atomic E-state index is -1.05. The number of pyridine rings is 1. The van der Waals surface area contributed by atoms with Crippen LogP contribution in [-0.4, -0.2) is 33.8 Å². The molecule has 0 saturated carbocycles. The summed E-state index contributed by atoms with van der Waals surface area (Å²) in [7, 11) is 1.51. The minimum absolute atomic E-state index is 0.359. The summed E-state index contributed by atoms with van der Waals surface area (Å²) in [4.78, 5) is 27.5. The smallest absolute Gasteiger partial charge is 0.415 e. The number of carboxylic acid groups (broad SMARTS) is 1. The van der Waals surface area contributed by atoms with E-state index < -0.39 is 12.1 Å². The van der Waals surface area contributed by atoms with Crippen LogP contribution in [0.4, 0.5) is 15.4 Å². The zero-order valence-corrected chi connectivity index (χ0v) is 12.7. The lowest BCUT2D eigenvalue weighted by molar-refractivity contribution is 0.197. The number of ether oxygens (including phenoxy) is 1. The molecular weight excluding hydrogens is 312 g/mol. The van der Waals surface area contributed by atoms with E-state index in [2.05, 4.69) is 4.98 Å². The third kappa shape index (κ3) is 2.84. The second-order valence-corrected chi connectivity index (χ2v) is 5.04. The Hall–Kier alpha value is -3.55. The third-order valence-corrected chi connectivity index (χ3v) is 3.49. The Kier molecular flexibility index (Phi) is 3.78. The van der Waals surface area contributed by atoms with Gasteiger partial charge in [-0.1, -0.05) is 0 Å². The number of primary amides is 1. The predicted octanol–water partition coefficient (Wildman–Crippen LogP) is 2.87. The van der Waals surface area contributed by atoms with Crippen molar-refractivity contribution in [3.8, 4) is 11.5 Å². The first-order valence-corrected chi connectivity index (χ1v) is 6.97. The van der Waals surface area contributed by atoms with Crippen molar-refractivity contribution < 1.29 is 19.4 Å². The maximum atomic E-state index is 11.2. The van der Waals surface area contributed by atoms with E-state index in [0.717, 1.165) is 9.95 Å². The van der Waals surface area contributed by atoms with E-state index in [0.29, 0.717) is 22.8 Å². The van der Waals surface area contributed by atoms with Crippen LogP contribution in [0.25, 0.3) is 10.9 Å². The summed E-state index contributed by atoms with van der Waals surface area (Å²) in [5, 5.41) is 9.82. The summed E-state index contributed by atoms with van der Waals surface area (Å²) >= 11 is 0. The number of hydrogen-bond donors (Lipinski definition) is 2. The van der Waals surface area contributed by atoms with Gasteiger partial charge in [0.2, 0.25) is 0 Å². The van der Waals surface area contributed by atoms with Gasteiger partial charge in [0.15, 0.2) is 0 Å². The van der Waals surface area contributed by atoms with E-state index in [-0.39, 0.29) is 0 Å². The molecule has 1 aromatic carbocycles. The third-order valence-electron chi connectivity index (χ3n) is 3.49. The summed E-state index contributed by atoms with van der Waals surface area (Å²) in [6.45, 7) is 0. The molecule has 0 saturated heterocycles. The average molecular weight is 326 g/mol. The van der Waals surface area contributed by atoms with Gasteiger partial charge in [0, 0.05) is 30.9 Å². The SMILES string of the molecule is CN(C(N)=O)c1cc(Oc2ccc3c(ccn3C(=O)O)c2)ccn1.